The largest absolute Gasteiger partial charge is 0.378 e. The van der Waals surface area contributed by atoms with Crippen LogP contribution in [0.25, 0.3) is 0 Å². The Balaban J connectivity index is 0.00000676. The van der Waals surface area contributed by atoms with Crippen molar-refractivity contribution in [2.75, 3.05) is 45.6 Å². The summed E-state index contributed by atoms with van der Waals surface area (Å²) in [5.41, 5.74) is 0. The molecule has 1 fully saturated rings. The molecular weight excluding hydrogens is 479 g/mol. The Kier molecular flexibility index (Phi) is 15.7. The average molecular weight is 519 g/mol. The molecule has 0 aromatic heterocycles. The lowest BCUT2D eigenvalue weighted by Crippen LogP contribution is -2.39. The van der Waals surface area contributed by atoms with Crippen molar-refractivity contribution in [1.29, 1.82) is 0 Å². The standard InChI is InChI=1S/C18H38N4O3S.HI/c1-4-19-18(20-13-9-15-22(3)26(23,24)5-2)21-14-10-16-25-17-11-7-6-8-12-17;/h17H,4-16H2,1-3H3,(H2,19,20,21);1H. The summed E-state index contributed by atoms with van der Waals surface area (Å²) in [4.78, 5) is 4.56. The van der Waals surface area contributed by atoms with Gasteiger partial charge in [0.1, 0.15) is 0 Å². The van der Waals surface area contributed by atoms with Crippen molar-refractivity contribution in [1.82, 2.24) is 14.9 Å². The molecule has 0 bridgehead atoms. The highest BCUT2D eigenvalue weighted by Crippen LogP contribution is 2.20. The number of sulfonamides is 1. The lowest BCUT2D eigenvalue weighted by molar-refractivity contribution is 0.0281. The van der Waals surface area contributed by atoms with Gasteiger partial charge >= 0.3 is 0 Å². The van der Waals surface area contributed by atoms with E-state index < -0.39 is 10.0 Å². The van der Waals surface area contributed by atoms with Crippen LogP contribution in [0.3, 0.4) is 0 Å². The zero-order valence-electron chi connectivity index (χ0n) is 17.2. The van der Waals surface area contributed by atoms with E-state index in [1.807, 2.05) is 6.92 Å². The third kappa shape index (κ3) is 12.1. The van der Waals surface area contributed by atoms with Crippen LogP contribution in [0, 0.1) is 0 Å². The Bertz CT molecular complexity index is 497. The molecule has 0 atom stereocenters. The lowest BCUT2D eigenvalue weighted by atomic mass is 9.98. The van der Waals surface area contributed by atoms with Gasteiger partial charge in [-0.3, -0.25) is 4.99 Å². The first-order chi connectivity index (χ1) is 12.5. The Morgan fingerprint density at radius 2 is 1.85 bits per heavy atom. The molecule has 1 aliphatic rings. The van der Waals surface area contributed by atoms with Gasteiger partial charge in [0.25, 0.3) is 0 Å². The average Bonchev–Trinajstić information content (AvgIpc) is 2.65. The van der Waals surface area contributed by atoms with Crippen LogP contribution in [0.5, 0.6) is 0 Å². The molecule has 0 aromatic rings. The third-order valence-corrected chi connectivity index (χ3v) is 6.47. The van der Waals surface area contributed by atoms with Crippen molar-refractivity contribution in [3.63, 3.8) is 0 Å². The van der Waals surface area contributed by atoms with Crippen molar-refractivity contribution < 1.29 is 13.2 Å². The third-order valence-electron chi connectivity index (χ3n) is 4.60. The number of ether oxygens (including phenoxy) is 1. The molecule has 1 rings (SSSR count). The fourth-order valence-electron chi connectivity index (χ4n) is 2.95. The smallest absolute Gasteiger partial charge is 0.213 e. The Morgan fingerprint density at radius 1 is 1.15 bits per heavy atom. The van der Waals surface area contributed by atoms with E-state index in [1.54, 1.807) is 14.0 Å². The van der Waals surface area contributed by atoms with E-state index in [-0.39, 0.29) is 29.7 Å². The molecule has 27 heavy (non-hydrogen) atoms. The van der Waals surface area contributed by atoms with Gasteiger partial charge in [-0.2, -0.15) is 0 Å². The van der Waals surface area contributed by atoms with Crippen LogP contribution in [-0.4, -0.2) is 70.4 Å². The summed E-state index contributed by atoms with van der Waals surface area (Å²) in [5, 5.41) is 6.48. The summed E-state index contributed by atoms with van der Waals surface area (Å²) in [6.07, 6.45) is 8.47. The van der Waals surface area contributed by atoms with E-state index in [4.69, 9.17) is 4.74 Å². The maximum absolute atomic E-state index is 11.7. The monoisotopic (exact) mass is 518 g/mol. The van der Waals surface area contributed by atoms with E-state index in [1.165, 1.54) is 36.4 Å². The summed E-state index contributed by atoms with van der Waals surface area (Å²) in [6.45, 7) is 7.20. The highest BCUT2D eigenvalue weighted by molar-refractivity contribution is 14.0. The first-order valence-electron chi connectivity index (χ1n) is 10.1. The van der Waals surface area contributed by atoms with Crippen LogP contribution in [0.15, 0.2) is 4.99 Å². The first-order valence-corrected chi connectivity index (χ1v) is 11.7. The number of halogens is 1. The van der Waals surface area contributed by atoms with Crippen LogP contribution in [0.4, 0.5) is 0 Å². The van der Waals surface area contributed by atoms with Crippen molar-refractivity contribution in [3.05, 3.63) is 0 Å². The van der Waals surface area contributed by atoms with E-state index >= 15 is 0 Å². The van der Waals surface area contributed by atoms with Gasteiger partial charge in [-0.1, -0.05) is 19.3 Å². The van der Waals surface area contributed by atoms with Crippen molar-refractivity contribution >= 4 is 40.0 Å². The molecule has 1 saturated carbocycles. The Hall–Kier alpha value is -0.130. The molecule has 0 heterocycles. The molecule has 0 spiro atoms. The highest BCUT2D eigenvalue weighted by atomic mass is 127. The minimum Gasteiger partial charge on any atom is -0.378 e. The minimum atomic E-state index is -3.09. The Labute approximate surface area is 183 Å². The quantitative estimate of drug-likeness (QED) is 0.180. The molecule has 7 nitrogen and oxygen atoms in total. The summed E-state index contributed by atoms with van der Waals surface area (Å²) in [5.74, 6) is 0.926. The van der Waals surface area contributed by atoms with Crippen LogP contribution < -0.4 is 10.6 Å². The van der Waals surface area contributed by atoms with Gasteiger partial charge in [0.05, 0.1) is 11.9 Å². The second-order valence-electron chi connectivity index (χ2n) is 6.75. The summed E-state index contributed by atoms with van der Waals surface area (Å²) in [6, 6.07) is 0. The second-order valence-corrected chi connectivity index (χ2v) is 9.11. The van der Waals surface area contributed by atoms with Crippen molar-refractivity contribution in [3.8, 4) is 0 Å². The predicted molar refractivity (Wildman–Crippen MR) is 124 cm³/mol. The van der Waals surface area contributed by atoms with Gasteiger partial charge in [-0.25, -0.2) is 12.7 Å². The number of guanidine groups is 1. The molecule has 0 aliphatic heterocycles. The maximum atomic E-state index is 11.7. The number of hydrogen-bond donors (Lipinski definition) is 2. The van der Waals surface area contributed by atoms with E-state index in [0.29, 0.717) is 19.2 Å². The number of nitrogens with zero attached hydrogens (tertiary/aromatic N) is 2. The number of hydrogen-bond acceptors (Lipinski definition) is 4. The molecule has 0 aromatic carbocycles. The molecule has 0 unspecified atom stereocenters. The highest BCUT2D eigenvalue weighted by Gasteiger charge is 2.14. The SMILES string of the molecule is CCNC(=NCCCOC1CCCCC1)NCCCN(C)S(=O)(=O)CC.I. The molecule has 0 amide bonds. The van der Waals surface area contributed by atoms with E-state index in [0.717, 1.165) is 38.5 Å². The molecular formula is C18H39IN4O3S. The lowest BCUT2D eigenvalue weighted by Gasteiger charge is -2.21. The zero-order chi connectivity index (χ0) is 19.3. The fourth-order valence-corrected chi connectivity index (χ4v) is 3.79. The summed E-state index contributed by atoms with van der Waals surface area (Å²) < 4.78 is 30.7. The molecule has 162 valence electrons. The zero-order valence-corrected chi connectivity index (χ0v) is 20.4. The normalized spacial score (nSPS) is 16.2. The number of aliphatic imine (C=N–C) groups is 1. The van der Waals surface area contributed by atoms with Crippen LogP contribution in [0.1, 0.15) is 58.8 Å². The van der Waals surface area contributed by atoms with Gasteiger partial charge in [0, 0.05) is 39.8 Å². The summed E-state index contributed by atoms with van der Waals surface area (Å²) >= 11 is 0. The molecule has 1 aliphatic carbocycles. The van der Waals surface area contributed by atoms with Crippen LogP contribution >= 0.6 is 24.0 Å². The second kappa shape index (κ2) is 15.8. The van der Waals surface area contributed by atoms with Crippen molar-refractivity contribution in [2.24, 2.45) is 4.99 Å². The minimum absolute atomic E-state index is 0. The molecule has 0 saturated heterocycles. The van der Waals surface area contributed by atoms with E-state index in [2.05, 4.69) is 15.6 Å². The topological polar surface area (TPSA) is 83.0 Å². The maximum Gasteiger partial charge on any atom is 0.213 e. The van der Waals surface area contributed by atoms with E-state index in [9.17, 15) is 8.42 Å². The summed E-state index contributed by atoms with van der Waals surface area (Å²) in [7, 11) is -1.46. The molecule has 9 heteroatoms. The van der Waals surface area contributed by atoms with Gasteiger partial charge in [0.2, 0.25) is 10.0 Å². The Morgan fingerprint density at radius 3 is 2.48 bits per heavy atom. The van der Waals surface area contributed by atoms with Crippen LogP contribution in [0.2, 0.25) is 0 Å². The van der Waals surface area contributed by atoms with Gasteiger partial charge in [-0.05, 0) is 39.5 Å². The number of nitrogens with one attached hydrogen (secondary N) is 2. The molecule has 0 radical (unpaired) electrons. The fraction of sp³-hybridized carbons (Fsp3) is 0.944. The van der Waals surface area contributed by atoms with Gasteiger partial charge in [0.15, 0.2) is 5.96 Å². The van der Waals surface area contributed by atoms with Gasteiger partial charge < -0.3 is 15.4 Å². The first kappa shape index (κ1) is 26.9. The number of rotatable bonds is 12. The van der Waals surface area contributed by atoms with Crippen molar-refractivity contribution in [2.45, 2.75) is 64.9 Å². The van der Waals surface area contributed by atoms with Gasteiger partial charge in [-0.15, -0.1) is 24.0 Å². The predicted octanol–water partition coefficient (Wildman–Crippen LogP) is 2.57. The molecule has 2 N–H and O–H groups in total. The van der Waals surface area contributed by atoms with Crippen LogP contribution in [-0.2, 0) is 14.8 Å².